The van der Waals surface area contributed by atoms with Crippen LogP contribution < -0.4 is 14.8 Å². The summed E-state index contributed by atoms with van der Waals surface area (Å²) in [5.41, 5.74) is 1.46. The molecule has 1 N–H and O–H groups in total. The van der Waals surface area contributed by atoms with Gasteiger partial charge in [0.2, 0.25) is 6.79 Å². The largest absolute Gasteiger partial charge is 0.454 e. The van der Waals surface area contributed by atoms with Crippen molar-refractivity contribution < 1.29 is 18.7 Å². The van der Waals surface area contributed by atoms with Crippen LogP contribution in [0.15, 0.2) is 42.5 Å². The number of ether oxygens (including phenoxy) is 2. The molecule has 23 heavy (non-hydrogen) atoms. The zero-order valence-electron chi connectivity index (χ0n) is 12.4. The summed E-state index contributed by atoms with van der Waals surface area (Å²) in [4.78, 5) is 12.5. The zero-order chi connectivity index (χ0) is 15.8. The zero-order valence-corrected chi connectivity index (χ0v) is 12.4. The van der Waals surface area contributed by atoms with Crippen LogP contribution in [0.25, 0.3) is 0 Å². The van der Waals surface area contributed by atoms with E-state index >= 15 is 0 Å². The van der Waals surface area contributed by atoms with Gasteiger partial charge in [-0.05, 0) is 54.7 Å². The van der Waals surface area contributed by atoms with Crippen molar-refractivity contribution in [3.63, 3.8) is 0 Å². The molecule has 1 atom stereocenters. The van der Waals surface area contributed by atoms with E-state index in [2.05, 4.69) is 5.32 Å². The number of hydrogen-bond acceptors (Lipinski definition) is 3. The molecule has 0 aromatic heterocycles. The van der Waals surface area contributed by atoms with Gasteiger partial charge in [0.05, 0.1) is 6.04 Å². The van der Waals surface area contributed by atoms with Crippen LogP contribution in [-0.4, -0.2) is 12.7 Å². The topological polar surface area (TPSA) is 47.6 Å². The lowest BCUT2D eigenvalue weighted by Gasteiger charge is -2.19. The van der Waals surface area contributed by atoms with Crippen molar-refractivity contribution in [2.45, 2.75) is 18.9 Å². The first-order valence-corrected chi connectivity index (χ1v) is 7.67. The van der Waals surface area contributed by atoms with Gasteiger partial charge in [-0.3, -0.25) is 4.79 Å². The Balaban J connectivity index is 1.54. The standard InChI is InChI=1S/C18H16FNO3/c19-14-6-3-12(4-7-14)17(11-1-2-11)20-18(21)13-5-8-15-16(9-13)23-10-22-15/h3-9,11,17H,1-2,10H2,(H,20,21)/t17-/m1/s1. The minimum atomic E-state index is -0.273. The van der Waals surface area contributed by atoms with Crippen LogP contribution in [0.1, 0.15) is 34.8 Å². The number of amides is 1. The van der Waals surface area contributed by atoms with Gasteiger partial charge in [0, 0.05) is 5.56 Å². The van der Waals surface area contributed by atoms with Gasteiger partial charge in [0.1, 0.15) is 5.82 Å². The molecule has 2 aliphatic rings. The van der Waals surface area contributed by atoms with E-state index in [1.807, 2.05) is 0 Å². The number of carbonyl (C=O) groups is 1. The molecular weight excluding hydrogens is 297 g/mol. The second kappa shape index (κ2) is 5.57. The molecule has 1 saturated carbocycles. The van der Waals surface area contributed by atoms with E-state index in [0.29, 0.717) is 23.0 Å². The maximum Gasteiger partial charge on any atom is 0.251 e. The van der Waals surface area contributed by atoms with Gasteiger partial charge >= 0.3 is 0 Å². The third kappa shape index (κ3) is 2.86. The van der Waals surface area contributed by atoms with Gasteiger partial charge < -0.3 is 14.8 Å². The molecule has 0 spiro atoms. The summed E-state index contributed by atoms with van der Waals surface area (Å²) < 4.78 is 23.7. The Labute approximate surface area is 133 Å². The molecule has 0 bridgehead atoms. The average molecular weight is 313 g/mol. The molecule has 1 aliphatic heterocycles. The van der Waals surface area contributed by atoms with Crippen LogP contribution in [0.4, 0.5) is 4.39 Å². The Bertz CT molecular complexity index is 740. The first-order chi connectivity index (χ1) is 11.2. The summed E-state index contributed by atoms with van der Waals surface area (Å²) in [6, 6.07) is 11.4. The maximum absolute atomic E-state index is 13.1. The summed E-state index contributed by atoms with van der Waals surface area (Å²) in [5.74, 6) is 1.22. The number of hydrogen-bond donors (Lipinski definition) is 1. The molecule has 1 aliphatic carbocycles. The molecule has 4 rings (SSSR count). The summed E-state index contributed by atoms with van der Waals surface area (Å²) in [6.07, 6.45) is 2.15. The van der Waals surface area contributed by atoms with E-state index in [4.69, 9.17) is 9.47 Å². The van der Waals surface area contributed by atoms with Crippen molar-refractivity contribution in [3.8, 4) is 11.5 Å². The second-order valence-electron chi connectivity index (χ2n) is 5.91. The monoisotopic (exact) mass is 313 g/mol. The van der Waals surface area contributed by atoms with Crippen LogP contribution in [0.5, 0.6) is 11.5 Å². The van der Waals surface area contributed by atoms with Crippen LogP contribution in [0.3, 0.4) is 0 Å². The molecule has 5 heteroatoms. The molecular formula is C18H16FNO3. The van der Waals surface area contributed by atoms with Crippen molar-refractivity contribution in [1.82, 2.24) is 5.32 Å². The number of fused-ring (bicyclic) bond motifs is 1. The highest BCUT2D eigenvalue weighted by atomic mass is 19.1. The van der Waals surface area contributed by atoms with E-state index in [-0.39, 0.29) is 24.6 Å². The number of benzene rings is 2. The first kappa shape index (κ1) is 14.1. The van der Waals surface area contributed by atoms with Gasteiger partial charge in [-0.2, -0.15) is 0 Å². The first-order valence-electron chi connectivity index (χ1n) is 7.67. The molecule has 0 saturated heterocycles. The normalized spacial score (nSPS) is 16.9. The lowest BCUT2D eigenvalue weighted by Crippen LogP contribution is -2.29. The van der Waals surface area contributed by atoms with Gasteiger partial charge in [0.25, 0.3) is 5.91 Å². The molecule has 0 radical (unpaired) electrons. The van der Waals surface area contributed by atoms with Crippen LogP contribution in [-0.2, 0) is 0 Å². The Kier molecular flexibility index (Phi) is 3.41. The van der Waals surface area contributed by atoms with Gasteiger partial charge in [-0.15, -0.1) is 0 Å². The number of halogens is 1. The Morgan fingerprint density at radius 2 is 1.83 bits per heavy atom. The van der Waals surface area contributed by atoms with Crippen LogP contribution in [0.2, 0.25) is 0 Å². The van der Waals surface area contributed by atoms with Crippen molar-refractivity contribution in [3.05, 3.63) is 59.4 Å². The lowest BCUT2D eigenvalue weighted by atomic mass is 10.0. The number of nitrogens with one attached hydrogen (secondary N) is 1. The summed E-state index contributed by atoms with van der Waals surface area (Å²) in [6.45, 7) is 0.181. The fraction of sp³-hybridized carbons (Fsp3) is 0.278. The fourth-order valence-electron chi connectivity index (χ4n) is 2.84. The van der Waals surface area contributed by atoms with E-state index in [9.17, 15) is 9.18 Å². The Morgan fingerprint density at radius 3 is 2.57 bits per heavy atom. The number of rotatable bonds is 4. The third-order valence-corrected chi connectivity index (χ3v) is 4.24. The highest BCUT2D eigenvalue weighted by Crippen LogP contribution is 2.41. The summed E-state index contributed by atoms with van der Waals surface area (Å²) in [5, 5.41) is 3.06. The van der Waals surface area contributed by atoms with Gasteiger partial charge in [-0.25, -0.2) is 4.39 Å². The maximum atomic E-state index is 13.1. The summed E-state index contributed by atoms with van der Waals surface area (Å²) in [7, 11) is 0. The third-order valence-electron chi connectivity index (χ3n) is 4.24. The molecule has 4 nitrogen and oxygen atoms in total. The molecule has 1 amide bonds. The smallest absolute Gasteiger partial charge is 0.251 e. The minimum Gasteiger partial charge on any atom is -0.454 e. The van der Waals surface area contributed by atoms with Crippen LogP contribution >= 0.6 is 0 Å². The van der Waals surface area contributed by atoms with Crippen molar-refractivity contribution in [1.29, 1.82) is 0 Å². The fourth-order valence-corrected chi connectivity index (χ4v) is 2.84. The quantitative estimate of drug-likeness (QED) is 0.940. The molecule has 118 valence electrons. The SMILES string of the molecule is O=C(N[C@@H](c1ccc(F)cc1)C1CC1)c1ccc2c(c1)OCO2. The van der Waals surface area contributed by atoms with E-state index < -0.39 is 0 Å². The van der Waals surface area contributed by atoms with Gasteiger partial charge in [-0.1, -0.05) is 12.1 Å². The lowest BCUT2D eigenvalue weighted by molar-refractivity contribution is 0.0931. The molecule has 2 aromatic rings. The van der Waals surface area contributed by atoms with E-state index in [1.54, 1.807) is 30.3 Å². The highest BCUT2D eigenvalue weighted by molar-refractivity contribution is 5.95. The van der Waals surface area contributed by atoms with E-state index in [1.165, 1.54) is 12.1 Å². The molecule has 1 heterocycles. The Morgan fingerprint density at radius 1 is 1.09 bits per heavy atom. The van der Waals surface area contributed by atoms with Crippen molar-refractivity contribution in [2.24, 2.45) is 5.92 Å². The van der Waals surface area contributed by atoms with E-state index in [0.717, 1.165) is 18.4 Å². The predicted molar refractivity (Wildman–Crippen MR) is 81.9 cm³/mol. The van der Waals surface area contributed by atoms with Gasteiger partial charge in [0.15, 0.2) is 11.5 Å². The molecule has 1 fully saturated rings. The average Bonchev–Trinajstić information content (AvgIpc) is 3.30. The molecule has 0 unspecified atom stereocenters. The van der Waals surface area contributed by atoms with Crippen molar-refractivity contribution >= 4 is 5.91 Å². The summed E-state index contributed by atoms with van der Waals surface area (Å²) >= 11 is 0. The highest BCUT2D eigenvalue weighted by Gasteiger charge is 2.33. The van der Waals surface area contributed by atoms with Crippen LogP contribution in [0, 0.1) is 11.7 Å². The number of carbonyl (C=O) groups excluding carboxylic acids is 1. The second-order valence-corrected chi connectivity index (χ2v) is 5.91. The molecule has 2 aromatic carbocycles. The Hall–Kier alpha value is -2.56. The minimum absolute atomic E-state index is 0.0893. The predicted octanol–water partition coefficient (Wildman–Crippen LogP) is 3.44. The van der Waals surface area contributed by atoms with Crippen molar-refractivity contribution in [2.75, 3.05) is 6.79 Å².